The van der Waals surface area contributed by atoms with Crippen molar-refractivity contribution < 1.29 is 14.8 Å². The minimum absolute atomic E-state index is 0.0506. The Morgan fingerprint density at radius 2 is 1.93 bits per heavy atom. The van der Waals surface area contributed by atoms with Gasteiger partial charge in [0.1, 0.15) is 0 Å². The third-order valence-corrected chi connectivity index (χ3v) is 3.25. The van der Waals surface area contributed by atoms with Crippen molar-refractivity contribution in [1.29, 1.82) is 0 Å². The molecule has 0 aliphatic rings. The van der Waals surface area contributed by atoms with E-state index in [0.29, 0.717) is 6.16 Å². The molecular formula is C10H13O3P. The predicted octanol–water partition coefficient (Wildman–Crippen LogP) is 1.48. The summed E-state index contributed by atoms with van der Waals surface area (Å²) >= 11 is 0. The Kier molecular flexibility index (Phi) is 4.74. The summed E-state index contributed by atoms with van der Waals surface area (Å²) in [4.78, 5) is 20.7. The molecule has 1 rings (SSSR count). The lowest BCUT2D eigenvalue weighted by molar-refractivity contribution is -0.112. The van der Waals surface area contributed by atoms with Crippen molar-refractivity contribution in [3.8, 4) is 0 Å². The fourth-order valence-electron chi connectivity index (χ4n) is 1.07. The van der Waals surface area contributed by atoms with Gasteiger partial charge < -0.3 is 10.00 Å². The standard InChI is InChI=1S/C10H13O3P/c11-7-6-10(12)14(13)8-9-4-2-1-3-5-9/h1-5,11,13H,6-8H2. The molecule has 1 unspecified atom stereocenters. The van der Waals surface area contributed by atoms with Crippen LogP contribution < -0.4 is 0 Å². The zero-order chi connectivity index (χ0) is 10.4. The summed E-state index contributed by atoms with van der Waals surface area (Å²) in [6.07, 6.45) is 0.435. The van der Waals surface area contributed by atoms with Crippen molar-refractivity contribution >= 4 is 13.7 Å². The number of hydrogen-bond acceptors (Lipinski definition) is 3. The molecule has 0 aromatic heterocycles. The first-order valence-electron chi connectivity index (χ1n) is 4.38. The first-order valence-corrected chi connectivity index (χ1v) is 5.86. The highest BCUT2D eigenvalue weighted by Crippen LogP contribution is 2.36. The Morgan fingerprint density at radius 3 is 2.50 bits per heavy atom. The van der Waals surface area contributed by atoms with Crippen molar-refractivity contribution in [2.75, 3.05) is 6.61 Å². The van der Waals surface area contributed by atoms with Crippen LogP contribution in [0.15, 0.2) is 30.3 Å². The van der Waals surface area contributed by atoms with E-state index in [4.69, 9.17) is 5.11 Å². The summed E-state index contributed by atoms with van der Waals surface area (Å²) in [5.74, 6) is 0. The van der Waals surface area contributed by atoms with Crippen molar-refractivity contribution in [2.24, 2.45) is 0 Å². The maximum absolute atomic E-state index is 11.2. The summed E-state index contributed by atoms with van der Waals surface area (Å²) in [7, 11) is -1.62. The van der Waals surface area contributed by atoms with Gasteiger partial charge in [0, 0.05) is 12.6 Å². The maximum Gasteiger partial charge on any atom is 0.184 e. The van der Waals surface area contributed by atoms with E-state index in [0.717, 1.165) is 5.56 Å². The van der Waals surface area contributed by atoms with Gasteiger partial charge >= 0.3 is 0 Å². The summed E-state index contributed by atoms with van der Waals surface area (Å²) in [5, 5.41) is 8.53. The largest absolute Gasteiger partial charge is 0.396 e. The van der Waals surface area contributed by atoms with Gasteiger partial charge in [-0.15, -0.1) is 0 Å². The van der Waals surface area contributed by atoms with Crippen LogP contribution in [0.4, 0.5) is 0 Å². The molecule has 4 heteroatoms. The van der Waals surface area contributed by atoms with Crippen molar-refractivity contribution in [3.63, 3.8) is 0 Å². The van der Waals surface area contributed by atoms with Crippen LogP contribution in [0.25, 0.3) is 0 Å². The Labute approximate surface area is 84.2 Å². The molecule has 0 fully saturated rings. The van der Waals surface area contributed by atoms with Crippen LogP contribution in [-0.2, 0) is 11.0 Å². The molecule has 0 amide bonds. The molecule has 0 aliphatic heterocycles. The molecule has 0 saturated carbocycles. The van der Waals surface area contributed by atoms with E-state index in [-0.39, 0.29) is 18.6 Å². The zero-order valence-electron chi connectivity index (χ0n) is 7.76. The van der Waals surface area contributed by atoms with E-state index in [1.807, 2.05) is 30.3 Å². The van der Waals surface area contributed by atoms with E-state index in [1.54, 1.807) is 0 Å². The van der Waals surface area contributed by atoms with Crippen LogP contribution in [0, 0.1) is 0 Å². The predicted molar refractivity (Wildman–Crippen MR) is 56.0 cm³/mol. The normalized spacial score (nSPS) is 12.4. The first kappa shape index (κ1) is 11.3. The van der Waals surface area contributed by atoms with Crippen LogP contribution in [0.3, 0.4) is 0 Å². The molecule has 1 atom stereocenters. The maximum atomic E-state index is 11.2. The third kappa shape index (κ3) is 3.54. The van der Waals surface area contributed by atoms with Gasteiger partial charge in [0.05, 0.1) is 14.8 Å². The number of aliphatic hydroxyl groups excluding tert-OH is 1. The molecule has 0 aliphatic carbocycles. The van der Waals surface area contributed by atoms with Gasteiger partial charge in [-0.05, 0) is 5.56 Å². The Balaban J connectivity index is 2.49. The number of benzene rings is 1. The molecule has 0 bridgehead atoms. The molecule has 0 spiro atoms. The number of aliphatic hydroxyl groups is 1. The second-order valence-electron chi connectivity index (χ2n) is 2.91. The lowest BCUT2D eigenvalue weighted by atomic mass is 10.2. The van der Waals surface area contributed by atoms with Gasteiger partial charge in [0.25, 0.3) is 0 Å². The van der Waals surface area contributed by atoms with Crippen molar-refractivity contribution in [2.45, 2.75) is 12.6 Å². The SMILES string of the molecule is O=C(CCO)P(O)Cc1ccccc1. The topological polar surface area (TPSA) is 57.5 Å². The highest BCUT2D eigenvalue weighted by Gasteiger charge is 2.14. The van der Waals surface area contributed by atoms with Crippen LogP contribution in [0.5, 0.6) is 0 Å². The summed E-state index contributed by atoms with van der Waals surface area (Å²) < 4.78 is 0. The third-order valence-electron chi connectivity index (χ3n) is 1.79. The quantitative estimate of drug-likeness (QED) is 0.727. The fourth-order valence-corrected chi connectivity index (χ4v) is 2.16. The van der Waals surface area contributed by atoms with Gasteiger partial charge in [-0.2, -0.15) is 0 Å². The molecule has 14 heavy (non-hydrogen) atoms. The number of hydrogen-bond donors (Lipinski definition) is 2. The van der Waals surface area contributed by atoms with Gasteiger partial charge in [-0.25, -0.2) is 0 Å². The molecule has 1 aromatic carbocycles. The number of rotatable bonds is 5. The Morgan fingerprint density at radius 1 is 1.29 bits per heavy atom. The molecule has 76 valence electrons. The average molecular weight is 212 g/mol. The molecule has 0 radical (unpaired) electrons. The second-order valence-corrected chi connectivity index (χ2v) is 4.52. The lowest BCUT2D eigenvalue weighted by Gasteiger charge is -2.07. The molecule has 1 aromatic rings. The van der Waals surface area contributed by atoms with Gasteiger partial charge in [0.15, 0.2) is 5.52 Å². The molecule has 2 N–H and O–H groups in total. The van der Waals surface area contributed by atoms with Crippen LogP contribution >= 0.6 is 8.15 Å². The van der Waals surface area contributed by atoms with E-state index < -0.39 is 8.15 Å². The van der Waals surface area contributed by atoms with Crippen molar-refractivity contribution in [3.05, 3.63) is 35.9 Å². The lowest BCUT2D eigenvalue weighted by Crippen LogP contribution is -2.00. The van der Waals surface area contributed by atoms with E-state index in [9.17, 15) is 9.69 Å². The number of carbonyl (C=O) groups excluding carboxylic acids is 1. The molecular weight excluding hydrogens is 199 g/mol. The Bertz CT molecular complexity index is 287. The summed E-state index contributed by atoms with van der Waals surface area (Å²) in [5.41, 5.74) is 0.707. The van der Waals surface area contributed by atoms with E-state index >= 15 is 0 Å². The second kappa shape index (κ2) is 5.86. The number of carbonyl (C=O) groups is 1. The van der Waals surface area contributed by atoms with Gasteiger partial charge in [-0.3, -0.25) is 4.79 Å². The highest BCUT2D eigenvalue weighted by molar-refractivity contribution is 7.68. The summed E-state index contributed by atoms with van der Waals surface area (Å²) in [6, 6.07) is 9.37. The highest BCUT2D eigenvalue weighted by atomic mass is 31.1. The van der Waals surface area contributed by atoms with E-state index in [2.05, 4.69) is 0 Å². The average Bonchev–Trinajstić information content (AvgIpc) is 2.19. The molecule has 0 saturated heterocycles. The minimum Gasteiger partial charge on any atom is -0.396 e. The van der Waals surface area contributed by atoms with Gasteiger partial charge in [-0.1, -0.05) is 30.3 Å². The van der Waals surface area contributed by atoms with Crippen LogP contribution in [0.1, 0.15) is 12.0 Å². The van der Waals surface area contributed by atoms with Crippen LogP contribution in [0.2, 0.25) is 0 Å². The Hall–Kier alpha value is -0.760. The monoisotopic (exact) mass is 212 g/mol. The van der Waals surface area contributed by atoms with Crippen molar-refractivity contribution in [1.82, 2.24) is 0 Å². The molecule has 0 heterocycles. The zero-order valence-corrected chi connectivity index (χ0v) is 8.65. The van der Waals surface area contributed by atoms with Crippen LogP contribution in [-0.4, -0.2) is 22.1 Å². The molecule has 3 nitrogen and oxygen atoms in total. The van der Waals surface area contributed by atoms with E-state index in [1.165, 1.54) is 0 Å². The first-order chi connectivity index (χ1) is 6.74. The van der Waals surface area contributed by atoms with Gasteiger partial charge in [0.2, 0.25) is 0 Å². The summed E-state index contributed by atoms with van der Waals surface area (Å²) in [6.45, 7) is -0.187. The smallest absolute Gasteiger partial charge is 0.184 e. The fraction of sp³-hybridized carbons (Fsp3) is 0.300. The minimum atomic E-state index is -1.62.